The van der Waals surface area contributed by atoms with E-state index in [0.717, 1.165) is 47.7 Å². The first-order chi connectivity index (χ1) is 18.2. The van der Waals surface area contributed by atoms with Gasteiger partial charge in [-0.05, 0) is 61.4 Å². The van der Waals surface area contributed by atoms with Crippen molar-refractivity contribution in [1.82, 2.24) is 18.9 Å². The summed E-state index contributed by atoms with van der Waals surface area (Å²) in [5, 5.41) is 2.66. The molecule has 1 N–H and O–H groups in total. The van der Waals surface area contributed by atoms with Gasteiger partial charge in [-0.2, -0.15) is 13.2 Å². The topological polar surface area (TPSA) is 67.5 Å². The summed E-state index contributed by atoms with van der Waals surface area (Å²) in [5.41, 5.74) is 4.42. The highest BCUT2D eigenvalue weighted by molar-refractivity contribution is 6.05. The van der Waals surface area contributed by atoms with Crippen LogP contribution < -0.4 is 10.2 Å². The van der Waals surface area contributed by atoms with E-state index in [1.807, 2.05) is 41.1 Å². The van der Waals surface area contributed by atoms with Crippen LogP contribution in [0.4, 0.5) is 24.5 Å². The summed E-state index contributed by atoms with van der Waals surface area (Å²) >= 11 is 0. The van der Waals surface area contributed by atoms with Crippen LogP contribution in [0.25, 0.3) is 11.3 Å². The molecule has 0 aliphatic carbocycles. The van der Waals surface area contributed by atoms with Gasteiger partial charge in [-0.3, -0.25) is 4.79 Å². The van der Waals surface area contributed by atoms with Crippen LogP contribution in [0.3, 0.4) is 0 Å². The van der Waals surface area contributed by atoms with E-state index in [1.165, 1.54) is 17.0 Å². The number of pyridine rings is 1. The maximum atomic E-state index is 13.6. The molecule has 0 bridgehead atoms. The van der Waals surface area contributed by atoms with Gasteiger partial charge in [-0.15, -0.1) is 0 Å². The Labute approximate surface area is 216 Å². The summed E-state index contributed by atoms with van der Waals surface area (Å²) in [6.07, 6.45) is 3.14. The fourth-order valence-corrected chi connectivity index (χ4v) is 4.81. The van der Waals surface area contributed by atoms with E-state index in [0.29, 0.717) is 17.8 Å². The van der Waals surface area contributed by atoms with Crippen molar-refractivity contribution >= 4 is 22.9 Å². The molecule has 6 rings (SSSR count). The summed E-state index contributed by atoms with van der Waals surface area (Å²) in [6, 6.07) is 14.7. The molecular formula is C28H23F3N6O. The fraction of sp³-hybridized carbons (Fsp3) is 0.179. The molecule has 7 nitrogen and oxygen atoms in total. The van der Waals surface area contributed by atoms with Gasteiger partial charge in [0.1, 0.15) is 5.65 Å². The van der Waals surface area contributed by atoms with E-state index >= 15 is 0 Å². The number of hydrogen-bond donors (Lipinski definition) is 1. The van der Waals surface area contributed by atoms with Gasteiger partial charge >= 0.3 is 6.18 Å². The summed E-state index contributed by atoms with van der Waals surface area (Å²) in [4.78, 5) is 23.9. The van der Waals surface area contributed by atoms with E-state index in [2.05, 4.69) is 20.2 Å². The summed E-state index contributed by atoms with van der Waals surface area (Å²) in [6.45, 7) is 3.16. The molecule has 2 aromatic carbocycles. The van der Waals surface area contributed by atoms with Crippen molar-refractivity contribution in [2.24, 2.45) is 0 Å². The lowest BCUT2D eigenvalue weighted by molar-refractivity contribution is -0.137. The molecule has 38 heavy (non-hydrogen) atoms. The van der Waals surface area contributed by atoms with Crippen molar-refractivity contribution in [1.29, 1.82) is 0 Å². The lowest BCUT2D eigenvalue weighted by Gasteiger charge is -2.20. The normalized spacial score (nSPS) is 13.2. The second-order valence-electron chi connectivity index (χ2n) is 9.34. The van der Waals surface area contributed by atoms with E-state index in [9.17, 15) is 18.0 Å². The lowest BCUT2D eigenvalue weighted by Crippen LogP contribution is -2.21. The van der Waals surface area contributed by atoms with Gasteiger partial charge in [0.15, 0.2) is 0 Å². The van der Waals surface area contributed by atoms with Gasteiger partial charge < -0.3 is 19.2 Å². The molecule has 1 aliphatic rings. The summed E-state index contributed by atoms with van der Waals surface area (Å²) < 4.78 is 44.4. The Morgan fingerprint density at radius 2 is 1.95 bits per heavy atom. The van der Waals surface area contributed by atoms with Crippen molar-refractivity contribution in [3.63, 3.8) is 0 Å². The number of nitrogens with one attached hydrogen (secondary N) is 1. The SMILES string of the molecule is Cc1cn(-c2cc(NC(=O)c3ccc4c(c3)N(Cc3cnc5ccccn35)CC4)cc(C(F)(F)F)c2)cn1. The highest BCUT2D eigenvalue weighted by atomic mass is 19.4. The van der Waals surface area contributed by atoms with Gasteiger partial charge in [0.05, 0.1) is 36.0 Å². The van der Waals surface area contributed by atoms with Crippen LogP contribution in [-0.2, 0) is 19.1 Å². The summed E-state index contributed by atoms with van der Waals surface area (Å²) in [5.74, 6) is -0.485. The third kappa shape index (κ3) is 4.49. The van der Waals surface area contributed by atoms with Crippen molar-refractivity contribution in [2.75, 3.05) is 16.8 Å². The molecular weight excluding hydrogens is 493 g/mol. The Hall–Kier alpha value is -4.60. The minimum atomic E-state index is -4.57. The predicted molar refractivity (Wildman–Crippen MR) is 138 cm³/mol. The van der Waals surface area contributed by atoms with E-state index in [-0.39, 0.29) is 11.4 Å². The molecule has 3 aromatic heterocycles. The molecule has 10 heteroatoms. The number of nitrogens with zero attached hydrogens (tertiary/aromatic N) is 5. The van der Waals surface area contributed by atoms with Crippen molar-refractivity contribution < 1.29 is 18.0 Å². The molecule has 0 saturated carbocycles. The predicted octanol–water partition coefficient (Wildman–Crippen LogP) is 5.66. The number of aryl methyl sites for hydroxylation is 1. The number of carbonyl (C=O) groups is 1. The van der Waals surface area contributed by atoms with Crippen molar-refractivity contribution in [2.45, 2.75) is 26.1 Å². The highest BCUT2D eigenvalue weighted by Crippen LogP contribution is 2.34. The second kappa shape index (κ2) is 9.05. The van der Waals surface area contributed by atoms with E-state index in [4.69, 9.17) is 0 Å². The van der Waals surface area contributed by atoms with Gasteiger partial charge in [-0.25, -0.2) is 9.97 Å². The van der Waals surface area contributed by atoms with Crippen LogP contribution in [0, 0.1) is 6.92 Å². The average molecular weight is 517 g/mol. The number of imidazole rings is 2. The first kappa shape index (κ1) is 23.8. The monoisotopic (exact) mass is 516 g/mol. The fourth-order valence-electron chi connectivity index (χ4n) is 4.81. The van der Waals surface area contributed by atoms with Crippen LogP contribution in [0.15, 0.2) is 79.5 Å². The number of aromatic nitrogens is 4. The zero-order chi connectivity index (χ0) is 26.4. The zero-order valence-corrected chi connectivity index (χ0v) is 20.4. The molecule has 5 aromatic rings. The first-order valence-corrected chi connectivity index (χ1v) is 12.1. The van der Waals surface area contributed by atoms with Crippen LogP contribution in [0.1, 0.15) is 32.9 Å². The minimum absolute atomic E-state index is 0.0502. The molecule has 192 valence electrons. The molecule has 0 radical (unpaired) electrons. The summed E-state index contributed by atoms with van der Waals surface area (Å²) in [7, 11) is 0. The smallest absolute Gasteiger partial charge is 0.365 e. The molecule has 0 atom stereocenters. The lowest BCUT2D eigenvalue weighted by atomic mass is 10.1. The number of alkyl halides is 3. The Morgan fingerprint density at radius 3 is 2.74 bits per heavy atom. The average Bonchev–Trinajstić information content (AvgIpc) is 3.62. The number of fused-ring (bicyclic) bond motifs is 2. The van der Waals surface area contributed by atoms with Crippen molar-refractivity contribution in [3.05, 3.63) is 108 Å². The number of carbonyl (C=O) groups excluding carboxylic acids is 1. The molecule has 0 saturated heterocycles. The largest absolute Gasteiger partial charge is 0.416 e. The van der Waals surface area contributed by atoms with Gasteiger partial charge in [0, 0.05) is 41.6 Å². The number of benzene rings is 2. The Morgan fingerprint density at radius 1 is 1.08 bits per heavy atom. The number of hydrogen-bond acceptors (Lipinski definition) is 4. The quantitative estimate of drug-likeness (QED) is 0.327. The van der Waals surface area contributed by atoms with Gasteiger partial charge in [-0.1, -0.05) is 12.1 Å². The molecule has 1 amide bonds. The number of rotatable bonds is 5. The van der Waals surface area contributed by atoms with Crippen LogP contribution in [-0.4, -0.2) is 31.4 Å². The Kier molecular flexibility index (Phi) is 5.67. The molecule has 0 spiro atoms. The van der Waals surface area contributed by atoms with Crippen molar-refractivity contribution in [3.8, 4) is 5.69 Å². The van der Waals surface area contributed by atoms with Crippen LogP contribution in [0.5, 0.6) is 0 Å². The second-order valence-corrected chi connectivity index (χ2v) is 9.34. The van der Waals surface area contributed by atoms with E-state index in [1.54, 1.807) is 25.3 Å². The molecule has 1 aliphatic heterocycles. The van der Waals surface area contributed by atoms with Gasteiger partial charge in [0.2, 0.25) is 0 Å². The van der Waals surface area contributed by atoms with Crippen LogP contribution >= 0.6 is 0 Å². The van der Waals surface area contributed by atoms with Crippen LogP contribution in [0.2, 0.25) is 0 Å². The number of halogens is 3. The maximum absolute atomic E-state index is 13.6. The number of amides is 1. The molecule has 4 heterocycles. The first-order valence-electron chi connectivity index (χ1n) is 12.1. The molecule has 0 fully saturated rings. The maximum Gasteiger partial charge on any atom is 0.416 e. The van der Waals surface area contributed by atoms with E-state index < -0.39 is 17.6 Å². The Bertz CT molecular complexity index is 1670. The number of anilines is 2. The third-order valence-corrected chi connectivity index (χ3v) is 6.70. The Balaban J connectivity index is 1.27. The molecule has 0 unspecified atom stereocenters. The third-order valence-electron chi connectivity index (χ3n) is 6.70. The highest BCUT2D eigenvalue weighted by Gasteiger charge is 2.32. The zero-order valence-electron chi connectivity index (χ0n) is 20.4. The standard InChI is InChI=1S/C28H23F3N6O/c1-18-15-36(17-33-18)23-12-21(28(29,30)31)11-22(13-23)34-27(38)20-6-5-19-7-9-35(25(19)10-20)16-24-14-32-26-4-2-3-8-37(24)26/h2-6,8,10-15,17H,7,9,16H2,1H3,(H,34,38). The minimum Gasteiger partial charge on any atom is -0.365 e. The van der Waals surface area contributed by atoms with Gasteiger partial charge in [0.25, 0.3) is 5.91 Å².